The fourth-order valence-corrected chi connectivity index (χ4v) is 5.26. The SMILES string of the molecule is CC[C@@H](Nc1c(C#N)cnc2c(Cl)cc(N[C@H](C3=CN(C(C)(C)C)NN3)c3cccnc3C)cc12)c1ccccc1. The van der Waals surface area contributed by atoms with E-state index in [4.69, 9.17) is 11.6 Å². The van der Waals surface area contributed by atoms with E-state index in [2.05, 4.69) is 89.7 Å². The number of nitrogens with one attached hydrogen (secondary N) is 4. The molecule has 41 heavy (non-hydrogen) atoms. The van der Waals surface area contributed by atoms with Crippen LogP contribution >= 0.6 is 11.6 Å². The molecule has 2 aromatic carbocycles. The second-order valence-corrected chi connectivity index (χ2v) is 11.6. The predicted molar refractivity (Wildman–Crippen MR) is 166 cm³/mol. The first-order valence-corrected chi connectivity index (χ1v) is 14.1. The number of rotatable bonds is 8. The van der Waals surface area contributed by atoms with E-state index in [1.54, 1.807) is 12.4 Å². The molecule has 0 bridgehead atoms. The number of nitrogens with zero attached hydrogens (tertiary/aromatic N) is 4. The Kier molecular flexibility index (Phi) is 8.02. The van der Waals surface area contributed by atoms with Crippen LogP contribution in [0.25, 0.3) is 10.9 Å². The highest BCUT2D eigenvalue weighted by Gasteiger charge is 2.29. The number of aromatic nitrogens is 2. The second kappa shape index (κ2) is 11.7. The molecule has 1 aliphatic heterocycles. The molecule has 210 valence electrons. The van der Waals surface area contributed by atoms with Gasteiger partial charge in [-0.3, -0.25) is 15.0 Å². The topological polar surface area (TPSA) is 101 Å². The van der Waals surface area contributed by atoms with Crippen molar-refractivity contribution in [1.82, 2.24) is 25.9 Å². The van der Waals surface area contributed by atoms with Crippen LogP contribution in [0.5, 0.6) is 0 Å². The lowest BCUT2D eigenvalue weighted by Crippen LogP contribution is -2.47. The standard InChI is InChI=1S/C32H35ClN8/c1-6-27(21-11-8-7-9-12-21)38-29-22(17-34)18-36-30-25(29)15-23(16-26(30)33)37-31(24-13-10-14-35-20(24)2)28-19-41(40-39-28)32(3,4)5/h7-16,18-19,27,31,37,39-40H,6H2,1-5H3,(H,36,38)/t27-,31+/m1/s1. The summed E-state index contributed by atoms with van der Waals surface area (Å²) in [6, 6.07) is 20.2. The van der Waals surface area contributed by atoms with Gasteiger partial charge in [-0.1, -0.05) is 54.9 Å². The van der Waals surface area contributed by atoms with E-state index < -0.39 is 0 Å². The number of nitriles is 1. The Bertz CT molecular complexity index is 1620. The first-order chi connectivity index (χ1) is 19.7. The van der Waals surface area contributed by atoms with Gasteiger partial charge >= 0.3 is 0 Å². The Hall–Kier alpha value is -4.32. The fourth-order valence-electron chi connectivity index (χ4n) is 4.99. The van der Waals surface area contributed by atoms with E-state index in [0.717, 1.165) is 40.0 Å². The summed E-state index contributed by atoms with van der Waals surface area (Å²) in [5.74, 6) is 0. The molecular weight excluding hydrogens is 532 g/mol. The Balaban J connectivity index is 1.60. The third-order valence-corrected chi connectivity index (χ3v) is 7.55. The van der Waals surface area contributed by atoms with Gasteiger partial charge in [-0.05, 0) is 57.9 Å². The minimum absolute atomic E-state index is 0.0115. The average molecular weight is 567 g/mol. The normalized spacial score (nSPS) is 14.7. The smallest absolute Gasteiger partial charge is 0.103 e. The number of benzene rings is 2. The van der Waals surface area contributed by atoms with Gasteiger partial charge in [0, 0.05) is 46.5 Å². The molecule has 9 heteroatoms. The minimum Gasteiger partial charge on any atom is -0.377 e. The van der Waals surface area contributed by atoms with Crippen molar-refractivity contribution in [1.29, 1.82) is 5.26 Å². The summed E-state index contributed by atoms with van der Waals surface area (Å²) in [7, 11) is 0. The van der Waals surface area contributed by atoms with Crippen molar-refractivity contribution in [3.63, 3.8) is 0 Å². The highest BCUT2D eigenvalue weighted by Crippen LogP contribution is 2.38. The molecule has 0 spiro atoms. The van der Waals surface area contributed by atoms with Gasteiger partial charge in [-0.15, -0.1) is 5.53 Å². The predicted octanol–water partition coefficient (Wildman–Crippen LogP) is 7.14. The maximum atomic E-state index is 10.0. The Morgan fingerprint density at radius 3 is 2.51 bits per heavy atom. The third-order valence-electron chi connectivity index (χ3n) is 7.27. The van der Waals surface area contributed by atoms with Crippen LogP contribution in [0.4, 0.5) is 11.4 Å². The average Bonchev–Trinajstić information content (AvgIpc) is 3.47. The largest absolute Gasteiger partial charge is 0.377 e. The van der Waals surface area contributed by atoms with E-state index >= 15 is 0 Å². The summed E-state index contributed by atoms with van der Waals surface area (Å²) in [6.07, 6.45) is 6.29. The number of hydrogen-bond acceptors (Lipinski definition) is 8. The monoisotopic (exact) mass is 566 g/mol. The number of hydrazine groups is 2. The molecule has 0 unspecified atom stereocenters. The summed E-state index contributed by atoms with van der Waals surface area (Å²) in [4.78, 5) is 9.10. The van der Waals surface area contributed by atoms with Crippen molar-refractivity contribution < 1.29 is 0 Å². The van der Waals surface area contributed by atoms with Crippen molar-refractivity contribution in [2.45, 2.75) is 58.7 Å². The Morgan fingerprint density at radius 2 is 1.85 bits per heavy atom. The summed E-state index contributed by atoms with van der Waals surface area (Å²) in [5, 5.41) is 20.6. The van der Waals surface area contributed by atoms with Crippen molar-refractivity contribution >= 4 is 33.9 Å². The quantitative estimate of drug-likeness (QED) is 0.178. The number of anilines is 2. The molecule has 5 rings (SSSR count). The van der Waals surface area contributed by atoms with Crippen LogP contribution in [-0.4, -0.2) is 20.5 Å². The molecule has 2 atom stereocenters. The number of hydrogen-bond donors (Lipinski definition) is 4. The summed E-state index contributed by atoms with van der Waals surface area (Å²) in [6.45, 7) is 10.5. The molecular formula is C32H35ClN8. The molecule has 3 heterocycles. The molecule has 0 fully saturated rings. The highest BCUT2D eigenvalue weighted by molar-refractivity contribution is 6.35. The van der Waals surface area contributed by atoms with E-state index in [-0.39, 0.29) is 17.6 Å². The van der Waals surface area contributed by atoms with E-state index in [1.165, 1.54) is 0 Å². The first kappa shape index (κ1) is 28.2. The molecule has 0 saturated heterocycles. The Labute approximate surface area is 246 Å². The number of pyridine rings is 2. The maximum Gasteiger partial charge on any atom is 0.103 e. The van der Waals surface area contributed by atoms with E-state index in [0.29, 0.717) is 21.8 Å². The van der Waals surface area contributed by atoms with Gasteiger partial charge in [0.15, 0.2) is 0 Å². The Morgan fingerprint density at radius 1 is 1.07 bits per heavy atom. The molecule has 0 saturated carbocycles. The van der Waals surface area contributed by atoms with E-state index in [1.807, 2.05) is 48.3 Å². The first-order valence-electron chi connectivity index (χ1n) is 13.7. The third kappa shape index (κ3) is 5.92. The van der Waals surface area contributed by atoms with E-state index in [9.17, 15) is 5.26 Å². The van der Waals surface area contributed by atoms with Crippen LogP contribution in [0.1, 0.15) is 68.6 Å². The molecule has 4 N–H and O–H groups in total. The van der Waals surface area contributed by atoms with Gasteiger partial charge in [-0.2, -0.15) is 5.26 Å². The molecule has 0 amide bonds. The summed E-state index contributed by atoms with van der Waals surface area (Å²) >= 11 is 6.84. The van der Waals surface area contributed by atoms with Crippen LogP contribution in [0, 0.1) is 18.3 Å². The number of fused-ring (bicyclic) bond motifs is 1. The van der Waals surface area contributed by atoms with Crippen LogP contribution < -0.4 is 21.6 Å². The summed E-state index contributed by atoms with van der Waals surface area (Å²) in [5.41, 5.74) is 13.1. The maximum absolute atomic E-state index is 10.0. The lowest BCUT2D eigenvalue weighted by molar-refractivity contribution is 0.138. The molecule has 0 aliphatic carbocycles. The fraction of sp³-hybridized carbons (Fsp3) is 0.281. The lowest BCUT2D eigenvalue weighted by Gasteiger charge is -2.30. The zero-order valence-electron chi connectivity index (χ0n) is 24.0. The summed E-state index contributed by atoms with van der Waals surface area (Å²) < 4.78 is 0. The van der Waals surface area contributed by atoms with Gasteiger partial charge in [0.25, 0.3) is 0 Å². The zero-order valence-corrected chi connectivity index (χ0v) is 24.7. The van der Waals surface area contributed by atoms with Crippen molar-refractivity contribution in [3.8, 4) is 6.07 Å². The molecule has 1 aliphatic rings. The van der Waals surface area contributed by atoms with Gasteiger partial charge in [0.1, 0.15) is 6.07 Å². The zero-order chi connectivity index (χ0) is 29.1. The number of aryl methyl sites for hydroxylation is 1. The van der Waals surface area contributed by atoms with Gasteiger partial charge < -0.3 is 16.1 Å². The van der Waals surface area contributed by atoms with Crippen molar-refractivity contribution in [2.75, 3.05) is 10.6 Å². The van der Waals surface area contributed by atoms with Gasteiger partial charge in [0.2, 0.25) is 0 Å². The van der Waals surface area contributed by atoms with Crippen LogP contribution in [-0.2, 0) is 0 Å². The minimum atomic E-state index is -0.256. The van der Waals surface area contributed by atoms with Crippen LogP contribution in [0.2, 0.25) is 5.02 Å². The van der Waals surface area contributed by atoms with Crippen LogP contribution in [0.3, 0.4) is 0 Å². The lowest BCUT2D eigenvalue weighted by atomic mass is 10.0. The highest BCUT2D eigenvalue weighted by atomic mass is 35.5. The second-order valence-electron chi connectivity index (χ2n) is 11.1. The molecule has 2 aromatic heterocycles. The van der Waals surface area contributed by atoms with Gasteiger partial charge in [0.05, 0.1) is 39.6 Å². The van der Waals surface area contributed by atoms with Crippen LogP contribution in [0.15, 0.2) is 78.9 Å². The van der Waals surface area contributed by atoms with Crippen molar-refractivity contribution in [3.05, 3.63) is 106 Å². The van der Waals surface area contributed by atoms with Gasteiger partial charge in [-0.25, -0.2) is 0 Å². The molecule has 4 aromatic rings. The number of halogens is 1. The van der Waals surface area contributed by atoms with Crippen molar-refractivity contribution in [2.24, 2.45) is 0 Å². The molecule has 0 radical (unpaired) electrons. The molecule has 8 nitrogen and oxygen atoms in total.